The summed E-state index contributed by atoms with van der Waals surface area (Å²) in [6.07, 6.45) is 1.51. The van der Waals surface area contributed by atoms with E-state index in [0.29, 0.717) is 50.3 Å². The topological polar surface area (TPSA) is 79.1 Å². The minimum atomic E-state index is -0.687. The Kier molecular flexibility index (Phi) is 8.94. The molecule has 0 aliphatic carbocycles. The van der Waals surface area contributed by atoms with Crippen LogP contribution in [0.3, 0.4) is 0 Å². The summed E-state index contributed by atoms with van der Waals surface area (Å²) in [4.78, 5) is 32.3. The van der Waals surface area contributed by atoms with E-state index in [1.54, 1.807) is 25.3 Å². The number of thiazole rings is 1. The fourth-order valence-electron chi connectivity index (χ4n) is 4.69. The number of hydrogen-bond donors (Lipinski definition) is 0. The van der Waals surface area contributed by atoms with Gasteiger partial charge in [0.05, 0.1) is 34.6 Å². The highest BCUT2D eigenvalue weighted by atomic mass is 35.5. The highest BCUT2D eigenvalue weighted by molar-refractivity contribution is 7.07. The summed E-state index contributed by atoms with van der Waals surface area (Å²) in [5, 5.41) is 0.664. The van der Waals surface area contributed by atoms with Crippen LogP contribution < -0.4 is 24.4 Å². The number of aromatic nitrogens is 1. The molecule has 2 heterocycles. The lowest BCUT2D eigenvalue weighted by molar-refractivity contribution is -0.143. The van der Waals surface area contributed by atoms with Gasteiger partial charge in [0.15, 0.2) is 4.80 Å². The number of halogens is 1. The van der Waals surface area contributed by atoms with E-state index in [4.69, 9.17) is 25.8 Å². The first-order chi connectivity index (χ1) is 20.2. The monoisotopic (exact) mass is 602 g/mol. The van der Waals surface area contributed by atoms with Crippen molar-refractivity contribution in [2.45, 2.75) is 46.4 Å². The molecule has 1 aromatic heterocycles. The largest absolute Gasteiger partial charge is 0.494 e. The smallest absolute Gasteiger partial charge is 0.338 e. The summed E-state index contributed by atoms with van der Waals surface area (Å²) < 4.78 is 19.2. The van der Waals surface area contributed by atoms with Gasteiger partial charge in [0.25, 0.3) is 5.56 Å². The van der Waals surface area contributed by atoms with Gasteiger partial charge in [0.2, 0.25) is 0 Å². The second kappa shape index (κ2) is 12.8. The van der Waals surface area contributed by atoms with Gasteiger partial charge >= 0.3 is 5.97 Å². The van der Waals surface area contributed by atoms with Crippen molar-refractivity contribution in [3.63, 3.8) is 0 Å². The van der Waals surface area contributed by atoms with Gasteiger partial charge in [-0.1, -0.05) is 59.3 Å². The highest BCUT2D eigenvalue weighted by Gasteiger charge is 2.33. The molecule has 0 saturated heterocycles. The summed E-state index contributed by atoms with van der Waals surface area (Å²) in [7, 11) is 0. The SMILES string of the molecule is CCOc1ccc([C@H]2C(C(=O)OC(C)C)=C(C)N=c3s/c(=C/c4ccc(OCc5cccc(Cl)c5)cc4)c(=O)n32)cc1. The fraction of sp³-hybridized carbons (Fsp3) is 0.242. The van der Waals surface area contributed by atoms with Crippen molar-refractivity contribution >= 4 is 35.0 Å². The standard InChI is InChI=1S/C33H31ClN2O5S/c1-5-39-26-15-11-24(12-16-26)30-29(32(38)41-20(2)3)21(4)35-33-36(30)31(37)28(42-33)18-22-9-13-27(14-10-22)40-19-23-7-6-8-25(34)17-23/h6-18,20,30H,5,19H2,1-4H3/b28-18+/t30-/m0/s1. The zero-order valence-electron chi connectivity index (χ0n) is 23.8. The van der Waals surface area contributed by atoms with E-state index in [0.717, 1.165) is 16.7 Å². The second-order valence-electron chi connectivity index (χ2n) is 10.0. The molecular weight excluding hydrogens is 572 g/mol. The summed E-state index contributed by atoms with van der Waals surface area (Å²) >= 11 is 7.35. The number of benzene rings is 3. The summed E-state index contributed by atoms with van der Waals surface area (Å²) in [5.74, 6) is 0.918. The van der Waals surface area contributed by atoms with E-state index < -0.39 is 12.0 Å². The first kappa shape index (κ1) is 29.4. The van der Waals surface area contributed by atoms with Crippen molar-refractivity contribution in [3.8, 4) is 11.5 Å². The number of esters is 1. The molecule has 0 N–H and O–H groups in total. The van der Waals surface area contributed by atoms with Crippen molar-refractivity contribution in [3.05, 3.63) is 125 Å². The molecule has 0 saturated carbocycles. The molecule has 7 nitrogen and oxygen atoms in total. The average Bonchev–Trinajstić information content (AvgIpc) is 3.26. The number of ether oxygens (including phenoxy) is 3. The summed E-state index contributed by atoms with van der Waals surface area (Å²) in [5.41, 5.74) is 3.20. The molecule has 4 aromatic rings. The van der Waals surface area contributed by atoms with E-state index in [1.165, 1.54) is 11.3 Å². The van der Waals surface area contributed by atoms with Crippen LogP contribution in [0.2, 0.25) is 5.02 Å². The third-order valence-corrected chi connectivity index (χ3v) is 7.78. The van der Waals surface area contributed by atoms with Crippen LogP contribution in [0.15, 0.2) is 93.9 Å². The fourth-order valence-corrected chi connectivity index (χ4v) is 5.95. The number of fused-ring (bicyclic) bond motifs is 1. The van der Waals surface area contributed by atoms with E-state index in [1.807, 2.05) is 85.8 Å². The van der Waals surface area contributed by atoms with Gasteiger partial charge < -0.3 is 14.2 Å². The maximum absolute atomic E-state index is 13.9. The zero-order valence-corrected chi connectivity index (χ0v) is 25.4. The summed E-state index contributed by atoms with van der Waals surface area (Å²) in [6.45, 7) is 8.21. The van der Waals surface area contributed by atoms with Crippen LogP contribution in [0, 0.1) is 0 Å². The van der Waals surface area contributed by atoms with Gasteiger partial charge in [-0.2, -0.15) is 0 Å². The van der Waals surface area contributed by atoms with Gasteiger partial charge in [-0.3, -0.25) is 9.36 Å². The predicted octanol–water partition coefficient (Wildman–Crippen LogP) is 5.82. The predicted molar refractivity (Wildman–Crippen MR) is 165 cm³/mol. The van der Waals surface area contributed by atoms with Gasteiger partial charge in [-0.15, -0.1) is 0 Å². The van der Waals surface area contributed by atoms with Crippen LogP contribution in [0.4, 0.5) is 0 Å². The number of carbonyl (C=O) groups excluding carboxylic acids is 1. The molecule has 1 aliphatic heterocycles. The van der Waals surface area contributed by atoms with Gasteiger partial charge in [-0.05, 0) is 86.9 Å². The van der Waals surface area contributed by atoms with Gasteiger partial charge in [0, 0.05) is 5.02 Å². The van der Waals surface area contributed by atoms with Crippen LogP contribution >= 0.6 is 22.9 Å². The Bertz CT molecular complexity index is 1800. The minimum Gasteiger partial charge on any atom is -0.494 e. The Hall–Kier alpha value is -4.14. The normalized spacial score (nSPS) is 14.9. The maximum Gasteiger partial charge on any atom is 0.338 e. The lowest BCUT2D eigenvalue weighted by Gasteiger charge is -2.25. The van der Waals surface area contributed by atoms with Crippen molar-refractivity contribution in [2.24, 2.45) is 4.99 Å². The number of nitrogens with zero attached hydrogens (tertiary/aromatic N) is 2. The van der Waals surface area contributed by atoms with Gasteiger partial charge in [-0.25, -0.2) is 9.79 Å². The number of rotatable bonds is 9. The van der Waals surface area contributed by atoms with Crippen LogP contribution in [0.25, 0.3) is 6.08 Å². The Balaban J connectivity index is 1.49. The third-order valence-electron chi connectivity index (χ3n) is 6.56. The van der Waals surface area contributed by atoms with Crippen LogP contribution in [-0.2, 0) is 16.1 Å². The molecule has 0 fully saturated rings. The second-order valence-corrected chi connectivity index (χ2v) is 11.5. The molecule has 42 heavy (non-hydrogen) atoms. The van der Waals surface area contributed by atoms with E-state index in [9.17, 15) is 9.59 Å². The maximum atomic E-state index is 13.9. The Morgan fingerprint density at radius 3 is 2.40 bits per heavy atom. The molecule has 0 radical (unpaired) electrons. The van der Waals surface area contributed by atoms with Crippen molar-refractivity contribution < 1.29 is 19.0 Å². The molecule has 1 aliphatic rings. The quantitative estimate of drug-likeness (QED) is 0.226. The first-order valence-corrected chi connectivity index (χ1v) is 14.9. The lowest BCUT2D eigenvalue weighted by atomic mass is 9.96. The molecule has 0 bridgehead atoms. The zero-order chi connectivity index (χ0) is 29.8. The molecule has 9 heteroatoms. The van der Waals surface area contributed by atoms with Crippen LogP contribution in [-0.4, -0.2) is 23.2 Å². The Labute approximate surface area is 253 Å². The first-order valence-electron chi connectivity index (χ1n) is 13.7. The van der Waals surface area contributed by atoms with Crippen molar-refractivity contribution in [1.29, 1.82) is 0 Å². The van der Waals surface area contributed by atoms with Crippen molar-refractivity contribution in [2.75, 3.05) is 6.61 Å². The molecule has 216 valence electrons. The van der Waals surface area contributed by atoms with E-state index in [2.05, 4.69) is 4.99 Å². The number of allylic oxidation sites excluding steroid dienone is 1. The number of hydrogen-bond acceptors (Lipinski definition) is 7. The minimum absolute atomic E-state index is 0.235. The molecule has 3 aromatic carbocycles. The van der Waals surface area contributed by atoms with Gasteiger partial charge in [0.1, 0.15) is 18.1 Å². The number of carbonyl (C=O) groups is 1. The third kappa shape index (κ3) is 6.50. The molecule has 0 unspecified atom stereocenters. The van der Waals surface area contributed by atoms with E-state index in [-0.39, 0.29) is 11.7 Å². The Morgan fingerprint density at radius 2 is 1.74 bits per heavy atom. The molecule has 5 rings (SSSR count). The van der Waals surface area contributed by atoms with Crippen molar-refractivity contribution in [1.82, 2.24) is 4.57 Å². The highest BCUT2D eigenvalue weighted by Crippen LogP contribution is 2.32. The van der Waals surface area contributed by atoms with E-state index >= 15 is 0 Å². The average molecular weight is 603 g/mol. The Morgan fingerprint density at radius 1 is 1.05 bits per heavy atom. The lowest BCUT2D eigenvalue weighted by Crippen LogP contribution is -2.40. The molecule has 0 amide bonds. The molecular formula is C33H31ClN2O5S. The summed E-state index contributed by atoms with van der Waals surface area (Å²) in [6, 6.07) is 21.8. The van der Waals surface area contributed by atoms with Crippen LogP contribution in [0.1, 0.15) is 50.4 Å². The van der Waals surface area contributed by atoms with Crippen LogP contribution in [0.5, 0.6) is 11.5 Å². The molecule has 0 spiro atoms. The molecule has 1 atom stereocenters.